The summed E-state index contributed by atoms with van der Waals surface area (Å²) in [5.74, 6) is -0.774. The molecule has 0 saturated heterocycles. The lowest BCUT2D eigenvalue weighted by atomic mass is 10.1. The molecule has 7 nitrogen and oxygen atoms in total. The predicted molar refractivity (Wildman–Crippen MR) is 132 cm³/mol. The molecule has 0 aliphatic heterocycles. The standard InChI is InChI=1S/C25H17F3N4O3S/c1-35-18-10-16(31-23(33)13-3-2-4-15(7-13)25(26,27)28)9-17(11-18)32-24(34)20-8-14-12-30-22-19(5-6-29-22)21(14)36-20/h2-12H,1H3,(H,29,30)(H,31,33)(H,32,34). The highest BCUT2D eigenvalue weighted by atomic mass is 32.1. The number of fused-ring (bicyclic) bond motifs is 3. The van der Waals surface area contributed by atoms with Gasteiger partial charge in [-0.3, -0.25) is 9.59 Å². The van der Waals surface area contributed by atoms with Gasteiger partial charge in [-0.05, 0) is 36.4 Å². The number of benzene rings is 2. The fraction of sp³-hybridized carbons (Fsp3) is 0.0800. The number of rotatable bonds is 5. The summed E-state index contributed by atoms with van der Waals surface area (Å²) < 4.78 is 45.2. The van der Waals surface area contributed by atoms with Gasteiger partial charge in [0.15, 0.2) is 0 Å². The van der Waals surface area contributed by atoms with Crippen molar-refractivity contribution in [1.82, 2.24) is 9.97 Å². The molecular formula is C25H17F3N4O3S. The minimum atomic E-state index is -4.57. The zero-order chi connectivity index (χ0) is 25.4. The first-order valence-corrected chi connectivity index (χ1v) is 11.4. The number of aromatic nitrogens is 2. The molecule has 0 aliphatic rings. The van der Waals surface area contributed by atoms with E-state index in [1.165, 1.54) is 36.6 Å². The summed E-state index contributed by atoms with van der Waals surface area (Å²) in [6.45, 7) is 0. The van der Waals surface area contributed by atoms with Crippen molar-refractivity contribution in [3.8, 4) is 5.75 Å². The average Bonchev–Trinajstić information content (AvgIpc) is 3.50. The highest BCUT2D eigenvalue weighted by Gasteiger charge is 2.31. The van der Waals surface area contributed by atoms with Crippen LogP contribution in [0, 0.1) is 0 Å². The van der Waals surface area contributed by atoms with Gasteiger partial charge in [0, 0.05) is 56.9 Å². The van der Waals surface area contributed by atoms with Gasteiger partial charge in [-0.25, -0.2) is 4.98 Å². The van der Waals surface area contributed by atoms with E-state index in [0.717, 1.165) is 39.3 Å². The molecule has 2 aromatic carbocycles. The third kappa shape index (κ3) is 4.60. The molecule has 0 fully saturated rings. The number of anilines is 2. The number of hydrogen-bond acceptors (Lipinski definition) is 5. The third-order valence-electron chi connectivity index (χ3n) is 5.40. The number of amides is 2. The van der Waals surface area contributed by atoms with Gasteiger partial charge < -0.3 is 20.4 Å². The summed E-state index contributed by atoms with van der Waals surface area (Å²) in [6.07, 6.45) is -1.10. The zero-order valence-electron chi connectivity index (χ0n) is 18.6. The van der Waals surface area contributed by atoms with E-state index < -0.39 is 17.6 Å². The number of halogens is 3. The number of alkyl halides is 3. The Kier molecular flexibility index (Phi) is 5.84. The van der Waals surface area contributed by atoms with Gasteiger partial charge in [0.1, 0.15) is 11.4 Å². The van der Waals surface area contributed by atoms with E-state index >= 15 is 0 Å². The first kappa shape index (κ1) is 23.4. The number of thiophene rings is 1. The maximum atomic E-state index is 13.0. The SMILES string of the molecule is COc1cc(NC(=O)c2cccc(C(F)(F)F)c2)cc(NC(=O)c2cc3cnc4[nH]ccc4c3s2)c1. The molecule has 0 unspecified atom stereocenters. The quantitative estimate of drug-likeness (QED) is 0.258. The van der Waals surface area contributed by atoms with Crippen LogP contribution in [0.1, 0.15) is 25.6 Å². The first-order valence-electron chi connectivity index (χ1n) is 10.6. The Balaban J connectivity index is 1.38. The van der Waals surface area contributed by atoms with Crippen molar-refractivity contribution < 1.29 is 27.5 Å². The van der Waals surface area contributed by atoms with Crippen LogP contribution >= 0.6 is 11.3 Å². The summed E-state index contributed by atoms with van der Waals surface area (Å²) in [6, 6.07) is 12.3. The molecule has 182 valence electrons. The van der Waals surface area contributed by atoms with Gasteiger partial charge in [-0.15, -0.1) is 11.3 Å². The molecule has 0 aliphatic carbocycles. The van der Waals surface area contributed by atoms with E-state index in [1.807, 2.05) is 6.07 Å². The maximum Gasteiger partial charge on any atom is 0.416 e. The van der Waals surface area contributed by atoms with E-state index in [2.05, 4.69) is 20.6 Å². The van der Waals surface area contributed by atoms with Crippen molar-refractivity contribution in [3.63, 3.8) is 0 Å². The number of nitrogens with zero attached hydrogens (tertiary/aromatic N) is 1. The molecule has 5 rings (SSSR count). The number of methoxy groups -OCH3 is 1. The monoisotopic (exact) mass is 510 g/mol. The number of aromatic amines is 1. The summed E-state index contributed by atoms with van der Waals surface area (Å²) in [7, 11) is 1.42. The third-order valence-corrected chi connectivity index (χ3v) is 6.58. The number of ether oxygens (including phenoxy) is 1. The van der Waals surface area contributed by atoms with Gasteiger partial charge in [-0.1, -0.05) is 6.07 Å². The molecule has 0 spiro atoms. The summed E-state index contributed by atoms with van der Waals surface area (Å²) >= 11 is 1.32. The maximum absolute atomic E-state index is 13.0. The predicted octanol–water partition coefficient (Wildman–Crippen LogP) is 6.31. The minimum Gasteiger partial charge on any atom is -0.497 e. The van der Waals surface area contributed by atoms with Crippen molar-refractivity contribution in [2.24, 2.45) is 0 Å². The Morgan fingerprint density at radius 3 is 2.47 bits per heavy atom. The molecule has 5 aromatic rings. The zero-order valence-corrected chi connectivity index (χ0v) is 19.4. The normalized spacial score (nSPS) is 11.6. The highest BCUT2D eigenvalue weighted by molar-refractivity contribution is 7.21. The molecule has 0 radical (unpaired) electrons. The number of pyridine rings is 1. The van der Waals surface area contributed by atoms with Gasteiger partial charge in [0.05, 0.1) is 17.6 Å². The van der Waals surface area contributed by atoms with Crippen LogP contribution in [0.25, 0.3) is 21.1 Å². The Hall–Kier alpha value is -4.38. The van der Waals surface area contributed by atoms with Crippen molar-refractivity contribution >= 4 is 55.6 Å². The summed E-state index contributed by atoms with van der Waals surface area (Å²) in [4.78, 5) is 33.4. The fourth-order valence-electron chi connectivity index (χ4n) is 3.70. The van der Waals surface area contributed by atoms with Crippen molar-refractivity contribution in [2.45, 2.75) is 6.18 Å². The topological polar surface area (TPSA) is 96.1 Å². The van der Waals surface area contributed by atoms with Crippen LogP contribution < -0.4 is 15.4 Å². The lowest BCUT2D eigenvalue weighted by Gasteiger charge is -2.12. The summed E-state index contributed by atoms with van der Waals surface area (Å²) in [5.41, 5.74) is 0.213. The minimum absolute atomic E-state index is 0.159. The molecule has 3 heterocycles. The first-order chi connectivity index (χ1) is 17.2. The second-order valence-electron chi connectivity index (χ2n) is 7.83. The van der Waals surface area contributed by atoms with E-state index in [-0.39, 0.29) is 17.2 Å². The number of nitrogens with one attached hydrogen (secondary N) is 3. The highest BCUT2D eigenvalue weighted by Crippen LogP contribution is 2.33. The molecule has 0 saturated carbocycles. The van der Waals surface area contributed by atoms with Crippen LogP contribution in [0.2, 0.25) is 0 Å². The lowest BCUT2D eigenvalue weighted by Crippen LogP contribution is -2.15. The van der Waals surface area contributed by atoms with Gasteiger partial charge in [0.25, 0.3) is 11.8 Å². The molecule has 3 aromatic heterocycles. The Morgan fingerprint density at radius 2 is 1.75 bits per heavy atom. The molecule has 3 N–H and O–H groups in total. The Labute approximate surface area is 205 Å². The second kappa shape index (κ2) is 9.00. The van der Waals surface area contributed by atoms with E-state index in [9.17, 15) is 22.8 Å². The number of H-pyrrole nitrogens is 1. The second-order valence-corrected chi connectivity index (χ2v) is 8.88. The van der Waals surface area contributed by atoms with E-state index in [4.69, 9.17) is 4.74 Å². The van der Waals surface area contributed by atoms with Gasteiger partial charge >= 0.3 is 6.18 Å². The van der Waals surface area contributed by atoms with Crippen LogP contribution in [0.3, 0.4) is 0 Å². The van der Waals surface area contributed by atoms with E-state index in [0.29, 0.717) is 16.3 Å². The van der Waals surface area contributed by atoms with Crippen LogP contribution in [0.5, 0.6) is 5.75 Å². The molecule has 0 atom stereocenters. The van der Waals surface area contributed by atoms with Crippen molar-refractivity contribution in [1.29, 1.82) is 0 Å². The van der Waals surface area contributed by atoms with E-state index in [1.54, 1.807) is 24.5 Å². The van der Waals surface area contributed by atoms with Crippen LogP contribution in [0.15, 0.2) is 67.0 Å². The van der Waals surface area contributed by atoms with Crippen LogP contribution in [-0.2, 0) is 6.18 Å². The molecule has 0 bridgehead atoms. The Morgan fingerprint density at radius 1 is 1.00 bits per heavy atom. The van der Waals surface area contributed by atoms with Crippen molar-refractivity contribution in [3.05, 3.63) is 83.0 Å². The molecule has 11 heteroatoms. The molecular weight excluding hydrogens is 493 g/mol. The largest absolute Gasteiger partial charge is 0.497 e. The number of carbonyl (C=O) groups excluding carboxylic acids is 2. The Bertz CT molecular complexity index is 1620. The van der Waals surface area contributed by atoms with Gasteiger partial charge in [0.2, 0.25) is 0 Å². The number of hydrogen-bond donors (Lipinski definition) is 3. The molecule has 2 amide bonds. The molecule has 36 heavy (non-hydrogen) atoms. The van der Waals surface area contributed by atoms with Crippen molar-refractivity contribution in [2.75, 3.05) is 17.7 Å². The average molecular weight is 510 g/mol. The lowest BCUT2D eigenvalue weighted by molar-refractivity contribution is -0.137. The smallest absolute Gasteiger partial charge is 0.416 e. The number of carbonyl (C=O) groups is 2. The fourth-order valence-corrected chi connectivity index (χ4v) is 4.76. The van der Waals surface area contributed by atoms with Crippen LogP contribution in [-0.4, -0.2) is 28.9 Å². The van der Waals surface area contributed by atoms with Crippen LogP contribution in [0.4, 0.5) is 24.5 Å². The summed E-state index contributed by atoms with van der Waals surface area (Å²) in [5, 5.41) is 7.08. The van der Waals surface area contributed by atoms with Gasteiger partial charge in [-0.2, -0.15) is 13.2 Å².